The highest BCUT2D eigenvalue weighted by molar-refractivity contribution is 7.92. The zero-order valence-electron chi connectivity index (χ0n) is 25.0. The van der Waals surface area contributed by atoms with E-state index in [4.69, 9.17) is 30.0 Å². The molecule has 0 heterocycles. The molecule has 22 nitrogen and oxygen atoms in total. The third-order valence-corrected chi connectivity index (χ3v) is 11.2. The van der Waals surface area contributed by atoms with Crippen LogP contribution in [0.2, 0.25) is 0 Å². The van der Waals surface area contributed by atoms with Crippen LogP contribution in [0, 0.1) is 12.3 Å². The van der Waals surface area contributed by atoms with E-state index in [-0.39, 0.29) is 53.1 Å². The maximum Gasteiger partial charge on any atom is 0.296 e. The first-order valence-corrected chi connectivity index (χ1v) is 19.1. The van der Waals surface area contributed by atoms with E-state index in [9.17, 15) is 34.6 Å². The number of nitrogens with one attached hydrogen (secondary N) is 3. The highest BCUT2D eigenvalue weighted by Crippen LogP contribution is 2.26. The smallest absolute Gasteiger partial charge is 0.296 e. The molecule has 274 valence electrons. The molecule has 0 aliphatic carbocycles. The summed E-state index contributed by atoms with van der Waals surface area (Å²) in [6, 6.07) is 7.72. The van der Waals surface area contributed by atoms with E-state index in [1.165, 1.54) is 31.2 Å². The van der Waals surface area contributed by atoms with Crippen LogP contribution >= 0.6 is 24.6 Å². The molecule has 3 aromatic rings. The number of nitrogen functional groups attached to an aromatic ring is 1. The van der Waals surface area contributed by atoms with Gasteiger partial charge in [-0.1, -0.05) is 10.1 Å². The summed E-state index contributed by atoms with van der Waals surface area (Å²) in [7, 11) is -13.1. The number of hydrogen-bond donors (Lipinski definition) is 7. The third-order valence-electron chi connectivity index (χ3n) is 6.17. The van der Waals surface area contributed by atoms with Crippen LogP contribution in [0.5, 0.6) is 0 Å². The fraction of sp³-hybridized carbons (Fsp3) is 0.217. The Balaban J connectivity index is 1.91. The molecule has 0 bridgehead atoms. The first-order chi connectivity index (χ1) is 23.5. The maximum absolute atomic E-state index is 13.3. The number of rotatable bonds is 19. The minimum atomic E-state index is -5.08. The van der Waals surface area contributed by atoms with Crippen molar-refractivity contribution in [3.8, 4) is 0 Å². The van der Waals surface area contributed by atoms with Gasteiger partial charge >= 0.3 is 0 Å². The third kappa shape index (κ3) is 11.0. The van der Waals surface area contributed by atoms with Crippen LogP contribution in [0.4, 0.5) is 17.1 Å². The summed E-state index contributed by atoms with van der Waals surface area (Å²) in [6.45, 7) is 0.604. The molecule has 27 heteroatoms. The van der Waals surface area contributed by atoms with Crippen molar-refractivity contribution in [3.05, 3.63) is 74.3 Å². The molecule has 0 radical (unpaired) electrons. The van der Waals surface area contributed by atoms with Crippen molar-refractivity contribution in [1.82, 2.24) is 0 Å². The Morgan fingerprint density at radius 2 is 1.34 bits per heavy atom. The normalized spacial score (nSPS) is 13.1. The second kappa shape index (κ2) is 18.1. The van der Waals surface area contributed by atoms with Crippen molar-refractivity contribution in [2.24, 2.45) is 10.2 Å². The molecule has 0 fully saturated rings. The van der Waals surface area contributed by atoms with Gasteiger partial charge < -0.3 is 5.73 Å². The van der Waals surface area contributed by atoms with Crippen molar-refractivity contribution in [2.75, 3.05) is 41.3 Å². The second-order valence-corrected chi connectivity index (χ2v) is 15.9. The lowest BCUT2D eigenvalue weighted by Crippen LogP contribution is -2.51. The molecular weight excluding hydrogens is 777 g/mol. The van der Waals surface area contributed by atoms with Gasteiger partial charge in [0.05, 0.1) is 56.9 Å². The summed E-state index contributed by atoms with van der Waals surface area (Å²) in [5.74, 6) is -1.12. The Morgan fingerprint density at radius 1 is 0.820 bits per heavy atom. The predicted molar refractivity (Wildman–Crippen MR) is 172 cm³/mol. The van der Waals surface area contributed by atoms with Crippen LogP contribution in [0.15, 0.2) is 72.1 Å². The summed E-state index contributed by atoms with van der Waals surface area (Å²) < 4.78 is 102. The maximum atomic E-state index is 13.3. The van der Waals surface area contributed by atoms with E-state index >= 15 is 0 Å². The summed E-state index contributed by atoms with van der Waals surface area (Å²) in [5.41, 5.74) is 9.44. The predicted octanol–water partition coefficient (Wildman–Crippen LogP) is -0.0558. The van der Waals surface area contributed by atoms with Gasteiger partial charge in [0.15, 0.2) is 55.0 Å². The van der Waals surface area contributed by atoms with Crippen LogP contribution < -0.4 is 38.1 Å². The molecule has 0 amide bonds. The number of nitrogens with two attached hydrogens (primary N) is 1. The molecule has 0 aromatic heterocycles. The standard InChI is InChI=1S/C23H26N6O16S5/c1-13-19(24)21(28-26-14-2-4-15(5-3-14)48(33,34)10-8-40-46-44-42-31)23(30)22(20(13)25)29-27-17-7-6-16(12-18(17)50(37,38)39)49(35,36)11-9-41-47-45-43-32/h2-7,12,25-27,31-32H,8-11,24H2,1H3,(H,37,38,39). The lowest BCUT2D eigenvalue weighted by molar-refractivity contribution is -0.434. The van der Waals surface area contributed by atoms with Crippen molar-refractivity contribution in [3.63, 3.8) is 0 Å². The van der Waals surface area contributed by atoms with E-state index in [2.05, 4.69) is 39.8 Å². The van der Waals surface area contributed by atoms with Gasteiger partial charge in [0.1, 0.15) is 4.90 Å². The highest BCUT2D eigenvalue weighted by Gasteiger charge is 2.22. The van der Waals surface area contributed by atoms with Crippen molar-refractivity contribution in [2.45, 2.75) is 21.6 Å². The Morgan fingerprint density at radius 3 is 1.88 bits per heavy atom. The van der Waals surface area contributed by atoms with Gasteiger partial charge in [-0.15, -0.1) is 8.67 Å². The number of nitrogens with zero attached hydrogens (tertiary/aromatic N) is 2. The Kier molecular flexibility index (Phi) is 14.8. The Hall–Kier alpha value is -3.55. The van der Waals surface area contributed by atoms with Crippen molar-refractivity contribution < 1.29 is 67.4 Å². The molecule has 0 spiro atoms. The first kappa shape index (κ1) is 40.9. The number of anilines is 3. The highest BCUT2D eigenvalue weighted by atomic mass is 32.2. The average molecular weight is 803 g/mol. The zero-order chi connectivity index (χ0) is 37.1. The summed E-state index contributed by atoms with van der Waals surface area (Å²) in [4.78, 5) is 11.8. The molecule has 0 unspecified atom stereocenters. The molecule has 8 N–H and O–H groups in total. The molecule has 3 aromatic carbocycles. The topological polar surface area (TPSA) is 334 Å². The Bertz CT molecular complexity index is 2230. The van der Waals surface area contributed by atoms with Gasteiger partial charge in [-0.3, -0.25) is 34.0 Å². The largest absolute Gasteiger partial charge is 0.397 e. The number of sulfone groups is 2. The minimum absolute atomic E-state index is 0.0521. The van der Waals surface area contributed by atoms with Crippen molar-refractivity contribution in [1.29, 1.82) is 5.41 Å². The van der Waals surface area contributed by atoms with Gasteiger partial charge in [0.25, 0.3) is 10.1 Å². The zero-order valence-corrected chi connectivity index (χ0v) is 29.1. The fourth-order valence-electron chi connectivity index (χ4n) is 3.69. The van der Waals surface area contributed by atoms with E-state index in [1.54, 1.807) is 0 Å². The Labute approximate surface area is 290 Å². The average Bonchev–Trinajstić information content (AvgIpc) is 3.06. The molecule has 0 atom stereocenters. The summed E-state index contributed by atoms with van der Waals surface area (Å²) in [5, 5.41) is 37.3. The molecular formula is C23H26N6O16S5. The van der Waals surface area contributed by atoms with Crippen molar-refractivity contribution >= 4 is 71.5 Å². The van der Waals surface area contributed by atoms with Gasteiger partial charge in [-0.05, 0) is 49.4 Å². The second-order valence-electron chi connectivity index (χ2n) is 9.25. The van der Waals surface area contributed by atoms with Gasteiger partial charge in [0, 0.05) is 5.56 Å². The number of hydrogen-bond acceptors (Lipinski definition) is 23. The van der Waals surface area contributed by atoms with E-state index in [1.807, 2.05) is 0 Å². The molecule has 0 aliphatic rings. The van der Waals surface area contributed by atoms with Crippen LogP contribution in [0.1, 0.15) is 5.56 Å². The SMILES string of the molecule is Cc1c(N)c(=NNc2ccc(S(=O)(=O)CCOSOOO)cc2)c(=O)c(=NNc2ccc(S(=O)(=O)CCOSOOO)cc2S(=O)(=O)O)c1=N. The van der Waals surface area contributed by atoms with Crippen LogP contribution in [0.3, 0.4) is 0 Å². The van der Waals surface area contributed by atoms with E-state index < -0.39 is 84.9 Å². The fourth-order valence-corrected chi connectivity index (χ4v) is 7.27. The van der Waals surface area contributed by atoms with Crippen LogP contribution in [0.25, 0.3) is 0 Å². The van der Waals surface area contributed by atoms with Gasteiger partial charge in [-0.25, -0.2) is 27.4 Å². The summed E-state index contributed by atoms with van der Waals surface area (Å²) >= 11 is 0.349. The molecule has 0 saturated carbocycles. The number of benzene rings is 3. The first-order valence-electron chi connectivity index (χ1n) is 13.0. The van der Waals surface area contributed by atoms with Gasteiger partial charge in [-0.2, -0.15) is 18.6 Å². The molecule has 0 aliphatic heterocycles. The molecule has 50 heavy (non-hydrogen) atoms. The van der Waals surface area contributed by atoms with E-state index in [0.717, 1.165) is 12.1 Å². The monoisotopic (exact) mass is 802 g/mol. The lowest BCUT2D eigenvalue weighted by atomic mass is 10.1. The van der Waals surface area contributed by atoms with E-state index in [0.29, 0.717) is 6.07 Å². The summed E-state index contributed by atoms with van der Waals surface area (Å²) in [6.07, 6.45) is 0. The van der Waals surface area contributed by atoms with Crippen LogP contribution in [-0.2, 0) is 56.9 Å². The van der Waals surface area contributed by atoms with Crippen LogP contribution in [-0.4, -0.2) is 65.0 Å². The molecule has 3 rings (SSSR count). The van der Waals surface area contributed by atoms with Gasteiger partial charge in [0.2, 0.25) is 5.43 Å². The minimum Gasteiger partial charge on any atom is -0.397 e. The molecule has 0 saturated heterocycles. The lowest BCUT2D eigenvalue weighted by Gasteiger charge is -2.10. The quantitative estimate of drug-likeness (QED) is 0.0208.